The summed E-state index contributed by atoms with van der Waals surface area (Å²) in [6.07, 6.45) is -0.0832. The Morgan fingerprint density at radius 3 is 2.03 bits per heavy atom. The lowest BCUT2D eigenvalue weighted by Crippen LogP contribution is -2.53. The number of sulfonamides is 1. The van der Waals surface area contributed by atoms with Crippen LogP contribution in [0.2, 0.25) is 0 Å². The highest BCUT2D eigenvalue weighted by molar-refractivity contribution is 7.92. The maximum absolute atomic E-state index is 11.7. The molecule has 0 radical (unpaired) electrons. The molecule has 0 saturated carbocycles. The second kappa shape index (κ2) is 10.4. The van der Waals surface area contributed by atoms with Gasteiger partial charge in [0.1, 0.15) is 17.2 Å². The first kappa shape index (κ1) is 26.3. The number of anilines is 1. The summed E-state index contributed by atoms with van der Waals surface area (Å²) in [6.45, 7) is 1.75. The van der Waals surface area contributed by atoms with Gasteiger partial charge >= 0.3 is 5.91 Å². The third-order valence-corrected chi connectivity index (χ3v) is 8.29. The minimum absolute atomic E-state index is 0.00370. The summed E-state index contributed by atoms with van der Waals surface area (Å²) in [4.78, 5) is 0. The Bertz CT molecular complexity index is 1620. The number of hydrogen-bond donors (Lipinski definition) is 4. The molecular formula is C27H26N2O6S3. The molecule has 11 heteroatoms. The van der Waals surface area contributed by atoms with Crippen LogP contribution in [-0.2, 0) is 10.0 Å². The highest BCUT2D eigenvalue weighted by Crippen LogP contribution is 2.37. The molecule has 0 spiro atoms. The fraction of sp³-hybridized carbons (Fsp3) is 0.185. The lowest BCUT2D eigenvalue weighted by atomic mass is 10.1. The van der Waals surface area contributed by atoms with Crippen molar-refractivity contribution in [2.45, 2.75) is 18.9 Å². The Hall–Kier alpha value is -3.35. The van der Waals surface area contributed by atoms with E-state index in [1.165, 1.54) is 18.2 Å². The predicted octanol–water partition coefficient (Wildman–Crippen LogP) is 5.65. The molecule has 0 amide bonds. The summed E-state index contributed by atoms with van der Waals surface area (Å²) in [5.41, 5.74) is 0.375. The van der Waals surface area contributed by atoms with Gasteiger partial charge in [0.15, 0.2) is 0 Å². The molecule has 0 aliphatic carbocycles. The summed E-state index contributed by atoms with van der Waals surface area (Å²) in [5.74, 6) is -0.346. The van der Waals surface area contributed by atoms with Gasteiger partial charge in [0.2, 0.25) is 10.0 Å². The first-order valence-corrected chi connectivity index (χ1v) is 15.3. The van der Waals surface area contributed by atoms with Crippen molar-refractivity contribution in [2.24, 2.45) is 0 Å². The predicted molar refractivity (Wildman–Crippen MR) is 153 cm³/mol. The van der Waals surface area contributed by atoms with Gasteiger partial charge in [-0.3, -0.25) is 4.72 Å². The van der Waals surface area contributed by atoms with E-state index in [0.717, 1.165) is 26.4 Å². The minimum atomic E-state index is -3.62. The van der Waals surface area contributed by atoms with Gasteiger partial charge in [0, 0.05) is 44.4 Å². The van der Waals surface area contributed by atoms with Crippen LogP contribution in [0.5, 0.6) is 17.2 Å². The van der Waals surface area contributed by atoms with E-state index in [-0.39, 0.29) is 18.0 Å². The summed E-state index contributed by atoms with van der Waals surface area (Å²) in [6, 6.07) is 20.0. The Morgan fingerprint density at radius 2 is 1.47 bits per heavy atom. The van der Waals surface area contributed by atoms with Crippen molar-refractivity contribution in [2.75, 3.05) is 17.5 Å². The number of thiophene rings is 2. The van der Waals surface area contributed by atoms with Crippen LogP contribution in [0.25, 0.3) is 20.2 Å². The largest absolute Gasteiger partial charge is 0.506 e. The number of rotatable bonds is 10. The van der Waals surface area contributed by atoms with Crippen LogP contribution in [0.3, 0.4) is 0 Å². The third-order valence-electron chi connectivity index (χ3n) is 5.82. The van der Waals surface area contributed by atoms with Crippen LogP contribution >= 0.6 is 22.7 Å². The van der Waals surface area contributed by atoms with Crippen molar-refractivity contribution in [1.82, 2.24) is 5.32 Å². The summed E-state index contributed by atoms with van der Waals surface area (Å²) < 4.78 is 40.5. The van der Waals surface area contributed by atoms with Gasteiger partial charge in [-0.25, -0.2) is 13.7 Å². The smallest absolute Gasteiger partial charge is 0.310 e. The van der Waals surface area contributed by atoms with E-state index in [4.69, 9.17) is 9.47 Å². The van der Waals surface area contributed by atoms with Crippen molar-refractivity contribution in [3.63, 3.8) is 0 Å². The number of nitrogens with one attached hydrogen (secondary N) is 2. The van der Waals surface area contributed by atoms with E-state index in [1.54, 1.807) is 29.6 Å². The number of aliphatic hydroxyl groups is 1. The molecule has 0 bridgehead atoms. The van der Waals surface area contributed by atoms with Gasteiger partial charge in [-0.05, 0) is 42.0 Å². The fourth-order valence-electron chi connectivity index (χ4n) is 4.02. The summed E-state index contributed by atoms with van der Waals surface area (Å²) in [7, 11) is -3.62. The first-order valence-electron chi connectivity index (χ1n) is 11.6. The molecule has 1 unspecified atom stereocenters. The molecule has 38 heavy (non-hydrogen) atoms. The quantitative estimate of drug-likeness (QED) is 0.127. The number of phenolic OH excluding ortho intramolecular Hbond substituents is 1. The van der Waals surface area contributed by atoms with Crippen LogP contribution < -0.4 is 19.5 Å². The number of ether oxygens (including phenoxy) is 2. The highest BCUT2D eigenvalue weighted by Gasteiger charge is 2.32. The molecule has 8 nitrogen and oxygen atoms in total. The second-order valence-electron chi connectivity index (χ2n) is 8.89. The molecule has 0 aliphatic rings. The molecule has 3 aromatic carbocycles. The van der Waals surface area contributed by atoms with Crippen molar-refractivity contribution < 1.29 is 28.1 Å². The van der Waals surface area contributed by atoms with Gasteiger partial charge in [-0.2, -0.15) is 0 Å². The molecule has 5 rings (SSSR count). The van der Waals surface area contributed by atoms with E-state index in [0.29, 0.717) is 17.1 Å². The molecule has 198 valence electrons. The average molecular weight is 571 g/mol. The fourth-order valence-corrected chi connectivity index (χ4v) is 6.31. The first-order chi connectivity index (χ1) is 18.1. The van der Waals surface area contributed by atoms with E-state index in [9.17, 15) is 18.6 Å². The Balaban J connectivity index is 1.42. The SMILES string of the molecule is CC(NCC(O)c1ccc(O)c(NS(C)(=O)=O)c1)(Oc1csc2ccccc12)Oc1csc2ccccc12. The average Bonchev–Trinajstić information content (AvgIpc) is 3.47. The number of phenols is 1. The summed E-state index contributed by atoms with van der Waals surface area (Å²) >= 11 is 3.12. The molecule has 5 aromatic rings. The Labute approximate surface area is 228 Å². The van der Waals surface area contributed by atoms with Gasteiger partial charge in [-0.1, -0.05) is 30.3 Å². The summed E-state index contributed by atoms with van der Waals surface area (Å²) in [5, 5.41) is 29.9. The van der Waals surface area contributed by atoms with Crippen LogP contribution in [0.15, 0.2) is 77.5 Å². The van der Waals surface area contributed by atoms with Gasteiger partial charge in [0.25, 0.3) is 0 Å². The van der Waals surface area contributed by atoms with E-state index in [2.05, 4.69) is 10.0 Å². The zero-order valence-electron chi connectivity index (χ0n) is 20.5. The molecule has 0 fully saturated rings. The van der Waals surface area contributed by atoms with Gasteiger partial charge in [0.05, 0.1) is 18.0 Å². The molecule has 1 atom stereocenters. The zero-order chi connectivity index (χ0) is 26.9. The van der Waals surface area contributed by atoms with Crippen LogP contribution in [-0.4, -0.2) is 37.3 Å². The lowest BCUT2D eigenvalue weighted by molar-refractivity contribution is -0.127. The molecule has 0 aliphatic heterocycles. The van der Waals surface area contributed by atoms with Crippen molar-refractivity contribution in [3.05, 3.63) is 83.1 Å². The van der Waals surface area contributed by atoms with E-state index >= 15 is 0 Å². The van der Waals surface area contributed by atoms with Crippen LogP contribution in [0.4, 0.5) is 5.69 Å². The van der Waals surface area contributed by atoms with E-state index in [1.807, 2.05) is 59.3 Å². The van der Waals surface area contributed by atoms with Crippen LogP contribution in [0, 0.1) is 0 Å². The minimum Gasteiger partial charge on any atom is -0.506 e. The second-order valence-corrected chi connectivity index (χ2v) is 12.5. The number of aromatic hydroxyl groups is 1. The van der Waals surface area contributed by atoms with Crippen LogP contribution in [0.1, 0.15) is 18.6 Å². The maximum atomic E-state index is 11.7. The lowest BCUT2D eigenvalue weighted by Gasteiger charge is -2.32. The topological polar surface area (TPSA) is 117 Å². The molecule has 4 N–H and O–H groups in total. The Kier molecular flexibility index (Phi) is 7.21. The van der Waals surface area contributed by atoms with E-state index < -0.39 is 22.0 Å². The number of hydrogen-bond acceptors (Lipinski definition) is 9. The van der Waals surface area contributed by atoms with Crippen molar-refractivity contribution >= 4 is 58.6 Å². The molecule has 0 saturated heterocycles. The highest BCUT2D eigenvalue weighted by atomic mass is 32.2. The number of benzene rings is 3. The molecular weight excluding hydrogens is 545 g/mol. The number of aliphatic hydroxyl groups excluding tert-OH is 1. The van der Waals surface area contributed by atoms with Crippen molar-refractivity contribution in [1.29, 1.82) is 0 Å². The number of fused-ring (bicyclic) bond motifs is 2. The van der Waals surface area contributed by atoms with Gasteiger partial charge < -0.3 is 19.7 Å². The van der Waals surface area contributed by atoms with Crippen molar-refractivity contribution in [3.8, 4) is 17.2 Å². The molecule has 2 heterocycles. The maximum Gasteiger partial charge on any atom is 0.310 e. The third kappa shape index (κ3) is 5.87. The standard InChI is InChI=1S/C27H26N2O6S3/c1-27(34-23-15-36-25-9-5-3-7-18(23)25,35-24-16-37-26-10-6-4-8-19(24)26)28-14-22(31)17-11-12-21(30)20(13-17)29-38(2,32)33/h3-13,15-16,22,28-31H,14H2,1-2H3. The van der Waals surface area contributed by atoms with Gasteiger partial charge in [-0.15, -0.1) is 22.7 Å². The monoisotopic (exact) mass is 570 g/mol. The zero-order valence-corrected chi connectivity index (χ0v) is 23.0. The Morgan fingerprint density at radius 1 is 0.921 bits per heavy atom. The normalized spacial score (nSPS) is 13.0. The molecule has 2 aromatic heterocycles.